The highest BCUT2D eigenvalue weighted by molar-refractivity contribution is 4.48. The lowest BCUT2D eigenvalue weighted by Crippen LogP contribution is -2.47. The van der Waals surface area contributed by atoms with E-state index in [0.29, 0.717) is 0 Å². The van der Waals surface area contributed by atoms with E-state index in [-0.39, 0.29) is 0 Å². The number of hydrogen-bond acceptors (Lipinski definition) is 2. The lowest BCUT2D eigenvalue weighted by Gasteiger charge is -2.13. The Morgan fingerprint density at radius 2 is 1.25 bits per heavy atom. The van der Waals surface area contributed by atoms with Crippen molar-refractivity contribution in [3.05, 3.63) is 0 Å². The summed E-state index contributed by atoms with van der Waals surface area (Å²) >= 11 is 0. The van der Waals surface area contributed by atoms with Crippen molar-refractivity contribution in [1.82, 2.24) is 10.6 Å². The summed E-state index contributed by atoms with van der Waals surface area (Å²) in [7, 11) is 0. The molecule has 0 radical (unpaired) electrons. The lowest BCUT2D eigenvalue weighted by molar-refractivity contribution is 0.443. The molecule has 24 valence electrons. The summed E-state index contributed by atoms with van der Waals surface area (Å²) in [6, 6.07) is 0. The molecule has 1 rings (SSSR count). The Kier molecular flexibility index (Phi) is 0.381. The molecule has 1 saturated heterocycles. The van der Waals surface area contributed by atoms with E-state index in [1.807, 2.05) is 0 Å². The van der Waals surface area contributed by atoms with Crippen LogP contribution in [0.5, 0.6) is 0 Å². The quantitative estimate of drug-likeness (QED) is 0.377. The Morgan fingerprint density at radius 1 is 1.00 bits per heavy atom. The third kappa shape index (κ3) is 0.106. The summed E-state index contributed by atoms with van der Waals surface area (Å²) in [5.74, 6) is 0. The van der Waals surface area contributed by atoms with Crippen molar-refractivity contribution < 1.29 is 0 Å². The number of hydrogen-bond donors (Lipinski definition) is 2. The van der Waals surface area contributed by atoms with Gasteiger partial charge in [0.25, 0.3) is 0 Å². The zero-order valence-corrected chi connectivity index (χ0v) is 2.41. The molecule has 1 aliphatic rings. The summed E-state index contributed by atoms with van der Waals surface area (Å²) in [6.45, 7) is 2.00. The van der Waals surface area contributed by atoms with Gasteiger partial charge in [-0.3, -0.25) is 10.6 Å². The van der Waals surface area contributed by atoms with Crippen molar-refractivity contribution in [3.8, 4) is 0 Å². The lowest BCUT2D eigenvalue weighted by atomic mass is 10.8. The number of nitrogens with one attached hydrogen (secondary N) is 2. The minimum absolute atomic E-state index is 1.00. The van der Waals surface area contributed by atoms with E-state index < -0.39 is 0 Å². The topological polar surface area (TPSA) is 24.1 Å². The fourth-order valence-electron chi connectivity index (χ4n) is 0.125. The molecule has 0 saturated carbocycles. The first-order valence-corrected chi connectivity index (χ1v) is 1.41. The van der Waals surface area contributed by atoms with Crippen LogP contribution in [0.3, 0.4) is 0 Å². The van der Waals surface area contributed by atoms with Gasteiger partial charge in [0.15, 0.2) is 0 Å². The van der Waals surface area contributed by atoms with Gasteiger partial charge in [-0.2, -0.15) is 0 Å². The SMILES string of the molecule is C1NCN1. The van der Waals surface area contributed by atoms with Crippen molar-refractivity contribution in [3.63, 3.8) is 0 Å². The van der Waals surface area contributed by atoms with Crippen LogP contribution in [0.15, 0.2) is 0 Å². The highest BCUT2D eigenvalue weighted by Gasteiger charge is 1.89. The van der Waals surface area contributed by atoms with Gasteiger partial charge < -0.3 is 0 Å². The van der Waals surface area contributed by atoms with Crippen LogP contribution in [0, 0.1) is 0 Å². The van der Waals surface area contributed by atoms with E-state index in [4.69, 9.17) is 0 Å². The van der Waals surface area contributed by atoms with Gasteiger partial charge in [-0.15, -0.1) is 0 Å². The van der Waals surface area contributed by atoms with Crippen molar-refractivity contribution in [2.24, 2.45) is 0 Å². The molecule has 0 aliphatic carbocycles. The predicted molar refractivity (Wildman–Crippen MR) is 16.0 cm³/mol. The van der Waals surface area contributed by atoms with E-state index >= 15 is 0 Å². The van der Waals surface area contributed by atoms with Gasteiger partial charge in [-0.05, 0) is 0 Å². The summed E-state index contributed by atoms with van der Waals surface area (Å²) in [4.78, 5) is 0. The van der Waals surface area contributed by atoms with Crippen LogP contribution in [0.25, 0.3) is 0 Å². The van der Waals surface area contributed by atoms with E-state index in [1.54, 1.807) is 0 Å². The minimum Gasteiger partial charge on any atom is -0.292 e. The molecule has 0 spiro atoms. The molecule has 1 heterocycles. The normalized spacial score (nSPS) is 24.0. The molecule has 2 N–H and O–H groups in total. The number of rotatable bonds is 0. The van der Waals surface area contributed by atoms with Crippen LogP contribution in [-0.4, -0.2) is 13.3 Å². The van der Waals surface area contributed by atoms with Crippen LogP contribution in [0.2, 0.25) is 0 Å². The molecule has 0 atom stereocenters. The monoisotopic (exact) mass is 58.1 g/mol. The summed E-state index contributed by atoms with van der Waals surface area (Å²) in [5.41, 5.74) is 0. The van der Waals surface area contributed by atoms with Gasteiger partial charge in [0, 0.05) is 13.3 Å². The molecule has 2 nitrogen and oxygen atoms in total. The molecule has 0 unspecified atom stereocenters. The first-order valence-electron chi connectivity index (χ1n) is 1.41. The molecule has 0 amide bonds. The summed E-state index contributed by atoms with van der Waals surface area (Å²) in [5, 5.41) is 6.00. The Bertz CT molecular complexity index is 12.0. The van der Waals surface area contributed by atoms with Crippen LogP contribution in [0.1, 0.15) is 0 Å². The minimum atomic E-state index is 1.00. The third-order valence-electron chi connectivity index (χ3n) is 0.500. The maximum absolute atomic E-state index is 3.00. The Hall–Kier alpha value is -0.0800. The molecule has 0 bridgehead atoms. The predicted octanol–water partition coefficient (Wildman–Crippen LogP) is -0.906. The van der Waals surface area contributed by atoms with Crippen LogP contribution in [0.4, 0.5) is 0 Å². The first-order chi connectivity index (χ1) is 2.00. The van der Waals surface area contributed by atoms with E-state index in [2.05, 4.69) is 10.6 Å². The smallest absolute Gasteiger partial charge is 0.0474 e. The molecule has 0 aromatic heterocycles. The zero-order chi connectivity index (χ0) is 2.83. The molecule has 0 aromatic carbocycles. The second-order valence-electron chi connectivity index (χ2n) is 0.854. The maximum atomic E-state index is 3.00. The zero-order valence-electron chi connectivity index (χ0n) is 2.41. The molecule has 2 heteroatoms. The Labute approximate surface area is 25.2 Å². The fourth-order valence-corrected chi connectivity index (χ4v) is 0.125. The molecule has 1 fully saturated rings. The van der Waals surface area contributed by atoms with Crippen molar-refractivity contribution in [2.45, 2.75) is 0 Å². The van der Waals surface area contributed by atoms with Crippen molar-refractivity contribution >= 4 is 0 Å². The maximum Gasteiger partial charge on any atom is 0.0474 e. The van der Waals surface area contributed by atoms with Gasteiger partial charge in [-0.1, -0.05) is 0 Å². The van der Waals surface area contributed by atoms with E-state index in [1.165, 1.54) is 0 Å². The second kappa shape index (κ2) is 0.701. The highest BCUT2D eigenvalue weighted by Crippen LogP contribution is 1.56. The van der Waals surface area contributed by atoms with E-state index in [0.717, 1.165) is 13.3 Å². The highest BCUT2D eigenvalue weighted by atomic mass is 15.2. The van der Waals surface area contributed by atoms with Crippen LogP contribution < -0.4 is 10.6 Å². The van der Waals surface area contributed by atoms with Gasteiger partial charge in [0.1, 0.15) is 0 Å². The Morgan fingerprint density at radius 3 is 1.25 bits per heavy atom. The largest absolute Gasteiger partial charge is 0.292 e. The average molecular weight is 58.1 g/mol. The van der Waals surface area contributed by atoms with Crippen LogP contribution >= 0.6 is 0 Å². The summed E-state index contributed by atoms with van der Waals surface area (Å²) in [6.07, 6.45) is 0. The second-order valence-corrected chi connectivity index (χ2v) is 0.854. The molecular formula is C2H6N2. The van der Waals surface area contributed by atoms with Gasteiger partial charge in [0.05, 0.1) is 0 Å². The van der Waals surface area contributed by atoms with Crippen LogP contribution in [-0.2, 0) is 0 Å². The molecular weight excluding hydrogens is 52.0 g/mol. The standard InChI is InChI=1S/C2H6N2/c1-3-2-4-1/h3-4H,1-2H2. The average Bonchev–Trinajstić information content (AvgIpc) is 0.722. The molecule has 4 heavy (non-hydrogen) atoms. The molecule has 0 aromatic rings. The third-order valence-corrected chi connectivity index (χ3v) is 0.500. The Balaban J connectivity index is 2.00. The van der Waals surface area contributed by atoms with Crippen molar-refractivity contribution in [1.29, 1.82) is 0 Å². The van der Waals surface area contributed by atoms with Gasteiger partial charge >= 0.3 is 0 Å². The summed E-state index contributed by atoms with van der Waals surface area (Å²) < 4.78 is 0. The van der Waals surface area contributed by atoms with Gasteiger partial charge in [-0.25, -0.2) is 0 Å². The van der Waals surface area contributed by atoms with Gasteiger partial charge in [0.2, 0.25) is 0 Å². The first kappa shape index (κ1) is 2.18. The van der Waals surface area contributed by atoms with Crippen molar-refractivity contribution in [2.75, 3.05) is 13.3 Å². The van der Waals surface area contributed by atoms with E-state index in [9.17, 15) is 0 Å². The fraction of sp³-hybridized carbons (Fsp3) is 1.00. The molecule has 1 aliphatic heterocycles.